The average Bonchev–Trinajstić information content (AvgIpc) is 3.64. The van der Waals surface area contributed by atoms with E-state index < -0.39 is 37.0 Å². The molecule has 7 heteroatoms. The molecule has 12 atom stereocenters. The van der Waals surface area contributed by atoms with Gasteiger partial charge in [0.25, 0.3) is 0 Å². The Morgan fingerprint density at radius 1 is 0.820 bits per heavy atom. The van der Waals surface area contributed by atoms with Crippen LogP contribution in [0.3, 0.4) is 0 Å². The van der Waals surface area contributed by atoms with Crippen molar-refractivity contribution in [1.82, 2.24) is 4.90 Å². The first kappa shape index (κ1) is 44.7. The molecule has 0 aromatic heterocycles. The standard InChI is InChI=1S/C41H65NOSi2.2CH3.2ClH.Zr/c1-29-22-23-36-35(26-29)38-39(42(36)5)33-20-14-15-21-34(33)40(38)45(9,25-17-11-10-16-24-43-41(2,3)4)37-27-30(28-44(6,7)8)31-18-12-13-19-32(31)37;;;;;/h12-15,18-23,26,30-40H,10-11,16-17,24-25,27-28H2,1-9H3;2*1H3;2*1H;/q;2*-1;;;+4/p-2. The summed E-state index contributed by atoms with van der Waals surface area (Å²) in [5, 5.41) is 0. The molecule has 0 aromatic rings. The van der Waals surface area contributed by atoms with Crippen LogP contribution in [0, 0.1) is 56.3 Å². The molecule has 0 bridgehead atoms. The Hall–Kier alpha value is 0.257. The predicted octanol–water partition coefficient (Wildman–Crippen LogP) is 13.0. The zero-order chi connectivity index (χ0) is 34.9. The molecule has 0 N–H and O–H groups in total. The van der Waals surface area contributed by atoms with Gasteiger partial charge in [-0.15, -0.1) is 0 Å². The number of likely N-dealkylation sites (tertiary alicyclic amines) is 1. The van der Waals surface area contributed by atoms with Crippen molar-refractivity contribution < 1.29 is 25.6 Å². The van der Waals surface area contributed by atoms with Gasteiger partial charge in [-0.05, 0) is 94.2 Å². The third kappa shape index (κ3) is 9.91. The second-order valence-electron chi connectivity index (χ2n) is 18.5. The van der Waals surface area contributed by atoms with Crippen LogP contribution in [0.5, 0.6) is 0 Å². The monoisotopic (exact) mass is 833 g/mol. The van der Waals surface area contributed by atoms with Crippen molar-refractivity contribution >= 4 is 33.2 Å². The van der Waals surface area contributed by atoms with E-state index in [4.69, 9.17) is 21.8 Å². The maximum atomic E-state index is 6.09. The summed E-state index contributed by atoms with van der Waals surface area (Å²) in [6.45, 7) is 20.6. The fourth-order valence-corrected chi connectivity index (χ4v) is 20.3. The topological polar surface area (TPSA) is 12.5 Å². The Bertz CT molecular complexity index is 1280. The molecule has 1 aliphatic heterocycles. The van der Waals surface area contributed by atoms with Gasteiger partial charge in [0.2, 0.25) is 0 Å². The molecule has 6 aliphatic rings. The first-order valence-corrected chi connectivity index (χ1v) is 32.0. The van der Waals surface area contributed by atoms with Crippen LogP contribution in [0.25, 0.3) is 0 Å². The van der Waals surface area contributed by atoms with Gasteiger partial charge in [0.05, 0.1) is 13.7 Å². The SMILES string of the molecule is CC1=CC2C3C(C4C=CC=CC4C3[Si](C)(CCCCCCOC(C)(C)C)C3CC(C[Si](C)(C)C)C4C=CC=CC43)N(C)C2C=C1.[CH3-].[CH3-].[Cl][Zr+2][Cl]. The Kier molecular flexibility index (Phi) is 16.7. The normalized spacial score (nSPS) is 36.1. The van der Waals surface area contributed by atoms with Crippen LogP contribution in [0.2, 0.25) is 49.4 Å². The zero-order valence-electron chi connectivity index (χ0n) is 33.5. The van der Waals surface area contributed by atoms with E-state index in [1.807, 2.05) is 0 Å². The molecule has 6 rings (SSSR count). The maximum absolute atomic E-state index is 6.09. The second kappa shape index (κ2) is 18.7. The van der Waals surface area contributed by atoms with Crippen LogP contribution in [-0.4, -0.2) is 52.4 Å². The van der Waals surface area contributed by atoms with Gasteiger partial charge in [0.1, 0.15) is 0 Å². The number of likely N-dealkylation sites (N-methyl/N-ethyl adjacent to an activating group) is 1. The van der Waals surface area contributed by atoms with Crippen molar-refractivity contribution in [3.8, 4) is 0 Å². The van der Waals surface area contributed by atoms with Crippen molar-refractivity contribution in [2.24, 2.45) is 41.4 Å². The number of nitrogens with zero attached hydrogens (tertiary/aromatic N) is 1. The van der Waals surface area contributed by atoms with Crippen LogP contribution in [0.1, 0.15) is 59.8 Å². The summed E-state index contributed by atoms with van der Waals surface area (Å²) in [6.07, 6.45) is 34.8. The van der Waals surface area contributed by atoms with Crippen LogP contribution in [0.4, 0.5) is 0 Å². The number of halogens is 2. The molecule has 280 valence electrons. The van der Waals surface area contributed by atoms with Crippen LogP contribution in [0.15, 0.2) is 72.4 Å². The summed E-state index contributed by atoms with van der Waals surface area (Å²) in [7, 11) is 9.38. The van der Waals surface area contributed by atoms with E-state index >= 15 is 0 Å². The number of unbranched alkanes of at least 4 members (excludes halogenated alkanes) is 3. The fraction of sp³-hybridized carbons (Fsp3) is 0.674. The van der Waals surface area contributed by atoms with Crippen molar-refractivity contribution in [3.63, 3.8) is 0 Å². The Morgan fingerprint density at radius 3 is 2.02 bits per heavy atom. The number of hydrogen-bond donors (Lipinski definition) is 0. The van der Waals surface area contributed by atoms with E-state index in [0.717, 1.165) is 41.4 Å². The third-order valence-corrected chi connectivity index (χ3v) is 20.8. The molecular weight excluding hydrogens is 765 g/mol. The summed E-state index contributed by atoms with van der Waals surface area (Å²) in [5.41, 5.74) is 3.21. The van der Waals surface area contributed by atoms with Crippen LogP contribution in [-0.2, 0) is 25.6 Å². The Labute approximate surface area is 330 Å². The van der Waals surface area contributed by atoms with Gasteiger partial charge in [-0.1, -0.05) is 130 Å². The van der Waals surface area contributed by atoms with Gasteiger partial charge in [-0.2, -0.15) is 0 Å². The van der Waals surface area contributed by atoms with E-state index in [1.54, 1.807) is 0 Å². The molecule has 0 radical (unpaired) electrons. The second-order valence-corrected chi connectivity index (χ2v) is 32.7. The Balaban J connectivity index is 0.00000131. The first-order chi connectivity index (χ1) is 22.7. The molecule has 0 aromatic carbocycles. The van der Waals surface area contributed by atoms with Gasteiger partial charge in [-0.25, -0.2) is 0 Å². The molecule has 2 nitrogen and oxygen atoms in total. The minimum absolute atomic E-state index is 0. The van der Waals surface area contributed by atoms with Crippen molar-refractivity contribution in [1.29, 1.82) is 0 Å². The quantitative estimate of drug-likeness (QED) is 0.117. The van der Waals surface area contributed by atoms with Gasteiger partial charge in [0, 0.05) is 32.7 Å². The van der Waals surface area contributed by atoms with Gasteiger partial charge in [0.15, 0.2) is 0 Å². The molecule has 2 saturated carbocycles. The third-order valence-electron chi connectivity index (χ3n) is 13.0. The van der Waals surface area contributed by atoms with Crippen LogP contribution >= 0.6 is 17.0 Å². The van der Waals surface area contributed by atoms with E-state index in [9.17, 15) is 0 Å². The molecular formula is C43H71Cl2NOSi2Zr. The summed E-state index contributed by atoms with van der Waals surface area (Å²) in [5.74, 6) is 5.22. The van der Waals surface area contributed by atoms with Crippen LogP contribution < -0.4 is 0 Å². The number of hydrogen-bond acceptors (Lipinski definition) is 2. The molecule has 5 aliphatic carbocycles. The van der Waals surface area contributed by atoms with Gasteiger partial charge >= 0.3 is 37.9 Å². The van der Waals surface area contributed by atoms with E-state index in [-0.39, 0.29) is 20.5 Å². The molecule has 1 heterocycles. The fourth-order valence-electron chi connectivity index (χ4n) is 11.5. The summed E-state index contributed by atoms with van der Waals surface area (Å²) < 4.78 is 6.09. The van der Waals surface area contributed by atoms with E-state index in [2.05, 4.69) is 133 Å². The average molecular weight is 836 g/mol. The van der Waals surface area contributed by atoms with Gasteiger partial charge in [-0.3, -0.25) is 4.90 Å². The molecule has 12 unspecified atom stereocenters. The van der Waals surface area contributed by atoms with Crippen molar-refractivity contribution in [2.75, 3.05) is 13.7 Å². The summed E-state index contributed by atoms with van der Waals surface area (Å²) in [4.78, 5) is 2.83. The number of rotatable bonds is 11. The number of ether oxygens (including phenoxy) is 1. The Morgan fingerprint density at radius 2 is 1.40 bits per heavy atom. The zero-order valence-corrected chi connectivity index (χ0v) is 39.4. The van der Waals surface area contributed by atoms with Crippen molar-refractivity contribution in [2.45, 2.75) is 127 Å². The number of allylic oxidation sites excluding steroid dienone is 9. The molecule has 50 heavy (non-hydrogen) atoms. The van der Waals surface area contributed by atoms with E-state index in [0.29, 0.717) is 29.8 Å². The molecule has 0 spiro atoms. The van der Waals surface area contributed by atoms with E-state index in [1.165, 1.54) is 49.8 Å². The number of fused-ring (bicyclic) bond motifs is 6. The first-order valence-electron chi connectivity index (χ1n) is 19.1. The molecule has 1 saturated heterocycles. The molecule has 0 amide bonds. The van der Waals surface area contributed by atoms with Gasteiger partial charge < -0.3 is 19.6 Å². The summed E-state index contributed by atoms with van der Waals surface area (Å²) in [6, 6.07) is 4.24. The predicted molar refractivity (Wildman–Crippen MR) is 225 cm³/mol. The van der Waals surface area contributed by atoms with Crippen molar-refractivity contribution in [3.05, 3.63) is 87.3 Å². The summed E-state index contributed by atoms with van der Waals surface area (Å²) >= 11 is -0.826. The minimum atomic E-state index is -1.80. The molecule has 3 fully saturated rings.